The Kier molecular flexibility index (Phi) is 4.42. The molecule has 0 saturated heterocycles. The van der Waals surface area contributed by atoms with Crippen LogP contribution in [0.4, 0.5) is 0 Å². The summed E-state index contributed by atoms with van der Waals surface area (Å²) in [7, 11) is 0. The van der Waals surface area contributed by atoms with Gasteiger partial charge in [-0.1, -0.05) is 42.5 Å². The molecule has 0 radical (unpaired) electrons. The Morgan fingerprint density at radius 2 is 1.50 bits per heavy atom. The molecular formula is C19H17NO4. The fourth-order valence-electron chi connectivity index (χ4n) is 2.86. The maximum Gasteiger partial charge on any atom is 0.302 e. The summed E-state index contributed by atoms with van der Waals surface area (Å²) in [5.74, 6) is -1.13. The van der Waals surface area contributed by atoms with Crippen molar-refractivity contribution in [3.8, 4) is 0 Å². The Balaban J connectivity index is 1.89. The molecule has 0 bridgehead atoms. The molecule has 2 aromatic carbocycles. The molecule has 0 unspecified atom stereocenters. The highest BCUT2D eigenvalue weighted by Crippen LogP contribution is 2.26. The van der Waals surface area contributed by atoms with Crippen LogP contribution in [0.5, 0.6) is 0 Å². The zero-order chi connectivity index (χ0) is 17.1. The molecule has 5 heteroatoms. The lowest BCUT2D eigenvalue weighted by Gasteiger charge is -2.26. The smallest absolute Gasteiger partial charge is 0.302 e. The van der Waals surface area contributed by atoms with Crippen molar-refractivity contribution in [2.75, 3.05) is 6.61 Å². The summed E-state index contributed by atoms with van der Waals surface area (Å²) in [4.78, 5) is 37.7. The van der Waals surface area contributed by atoms with E-state index in [1.165, 1.54) is 11.8 Å². The third-order valence-electron chi connectivity index (χ3n) is 3.98. The average Bonchev–Trinajstić information content (AvgIpc) is 2.84. The maximum absolute atomic E-state index is 12.6. The minimum Gasteiger partial charge on any atom is -0.464 e. The number of amides is 2. The molecule has 0 N–H and O–H groups in total. The summed E-state index contributed by atoms with van der Waals surface area (Å²) in [5, 5.41) is 0. The Morgan fingerprint density at radius 3 is 2.04 bits per heavy atom. The van der Waals surface area contributed by atoms with Gasteiger partial charge < -0.3 is 4.74 Å². The van der Waals surface area contributed by atoms with Crippen LogP contribution >= 0.6 is 0 Å². The van der Waals surface area contributed by atoms with E-state index >= 15 is 0 Å². The van der Waals surface area contributed by atoms with Crippen LogP contribution in [0.25, 0.3) is 0 Å². The highest BCUT2D eigenvalue weighted by atomic mass is 16.5. The van der Waals surface area contributed by atoms with Gasteiger partial charge in [0, 0.05) is 6.92 Å². The van der Waals surface area contributed by atoms with Crippen molar-refractivity contribution in [1.29, 1.82) is 0 Å². The third kappa shape index (κ3) is 3.06. The molecule has 2 amide bonds. The maximum atomic E-state index is 12.6. The molecule has 1 aliphatic heterocycles. The standard InChI is InChI=1S/C19H17NO4/c1-13(21)24-12-15(11-14-7-3-2-4-8-14)20-18(22)16-9-5-6-10-17(16)19(20)23/h2-10,15H,11-12H2,1H3/t15-/m1/s1. The number of carbonyl (C=O) groups is 3. The van der Waals surface area contributed by atoms with Crippen LogP contribution in [0, 0.1) is 0 Å². The second-order valence-corrected chi connectivity index (χ2v) is 5.67. The van der Waals surface area contributed by atoms with Crippen LogP contribution in [0.15, 0.2) is 54.6 Å². The van der Waals surface area contributed by atoms with E-state index in [-0.39, 0.29) is 18.4 Å². The van der Waals surface area contributed by atoms with Gasteiger partial charge in [-0.3, -0.25) is 19.3 Å². The van der Waals surface area contributed by atoms with Crippen LogP contribution in [-0.4, -0.2) is 35.3 Å². The van der Waals surface area contributed by atoms with Crippen molar-refractivity contribution in [1.82, 2.24) is 4.90 Å². The van der Waals surface area contributed by atoms with Crippen LogP contribution < -0.4 is 0 Å². The second-order valence-electron chi connectivity index (χ2n) is 5.67. The van der Waals surface area contributed by atoms with E-state index in [2.05, 4.69) is 0 Å². The zero-order valence-corrected chi connectivity index (χ0v) is 13.3. The van der Waals surface area contributed by atoms with E-state index in [1.807, 2.05) is 30.3 Å². The van der Waals surface area contributed by atoms with Gasteiger partial charge >= 0.3 is 5.97 Å². The summed E-state index contributed by atoms with van der Waals surface area (Å²) in [6.07, 6.45) is 0.430. The molecule has 1 atom stereocenters. The quantitative estimate of drug-likeness (QED) is 0.626. The number of nitrogens with zero attached hydrogens (tertiary/aromatic N) is 1. The number of imide groups is 1. The van der Waals surface area contributed by atoms with Gasteiger partial charge in [0.1, 0.15) is 6.61 Å². The predicted molar refractivity (Wildman–Crippen MR) is 87.5 cm³/mol. The average molecular weight is 323 g/mol. The van der Waals surface area contributed by atoms with Crippen molar-refractivity contribution < 1.29 is 19.1 Å². The SMILES string of the molecule is CC(=O)OC[C@@H](Cc1ccccc1)N1C(=O)c2ccccc2C1=O. The van der Waals surface area contributed by atoms with Crippen LogP contribution in [0.2, 0.25) is 0 Å². The molecule has 2 aromatic rings. The monoisotopic (exact) mass is 323 g/mol. The van der Waals surface area contributed by atoms with E-state index in [0.717, 1.165) is 5.56 Å². The molecule has 0 spiro atoms. The Morgan fingerprint density at radius 1 is 0.958 bits per heavy atom. The van der Waals surface area contributed by atoms with Gasteiger partial charge in [-0.2, -0.15) is 0 Å². The number of fused-ring (bicyclic) bond motifs is 1. The van der Waals surface area contributed by atoms with Gasteiger partial charge in [0.05, 0.1) is 17.2 Å². The summed E-state index contributed by atoms with van der Waals surface area (Å²) >= 11 is 0. The first-order chi connectivity index (χ1) is 11.6. The molecule has 5 nitrogen and oxygen atoms in total. The van der Waals surface area contributed by atoms with Gasteiger partial charge in [-0.15, -0.1) is 0 Å². The van der Waals surface area contributed by atoms with Gasteiger partial charge in [-0.25, -0.2) is 0 Å². The van der Waals surface area contributed by atoms with Gasteiger partial charge in [0.2, 0.25) is 0 Å². The predicted octanol–water partition coefficient (Wildman–Crippen LogP) is 2.46. The van der Waals surface area contributed by atoms with Crippen molar-refractivity contribution in [2.24, 2.45) is 0 Å². The molecule has 0 saturated carbocycles. The van der Waals surface area contributed by atoms with Crippen molar-refractivity contribution in [3.63, 3.8) is 0 Å². The first kappa shape index (κ1) is 15.9. The van der Waals surface area contributed by atoms with E-state index in [0.29, 0.717) is 17.5 Å². The number of carbonyl (C=O) groups excluding carboxylic acids is 3. The Bertz CT molecular complexity index is 750. The lowest BCUT2D eigenvalue weighted by atomic mass is 10.1. The van der Waals surface area contributed by atoms with E-state index in [1.54, 1.807) is 24.3 Å². The Hall–Kier alpha value is -2.95. The number of benzene rings is 2. The number of esters is 1. The van der Waals surface area contributed by atoms with Crippen LogP contribution in [0.3, 0.4) is 0 Å². The fourth-order valence-corrected chi connectivity index (χ4v) is 2.86. The topological polar surface area (TPSA) is 63.7 Å². The normalized spacial score (nSPS) is 14.5. The van der Waals surface area contributed by atoms with Crippen molar-refractivity contribution in [3.05, 3.63) is 71.3 Å². The van der Waals surface area contributed by atoms with Crippen LogP contribution in [0.1, 0.15) is 33.2 Å². The third-order valence-corrected chi connectivity index (χ3v) is 3.98. The molecule has 1 aliphatic rings. The first-order valence-corrected chi connectivity index (χ1v) is 7.72. The molecule has 0 aromatic heterocycles. The highest BCUT2D eigenvalue weighted by Gasteiger charge is 2.40. The highest BCUT2D eigenvalue weighted by molar-refractivity contribution is 6.21. The van der Waals surface area contributed by atoms with E-state index in [9.17, 15) is 14.4 Å². The molecular weight excluding hydrogens is 306 g/mol. The van der Waals surface area contributed by atoms with Crippen LogP contribution in [-0.2, 0) is 16.0 Å². The van der Waals surface area contributed by atoms with E-state index < -0.39 is 12.0 Å². The van der Waals surface area contributed by atoms with Crippen molar-refractivity contribution >= 4 is 17.8 Å². The van der Waals surface area contributed by atoms with Gasteiger partial charge in [-0.05, 0) is 24.1 Å². The number of rotatable bonds is 5. The Labute approximate surface area is 139 Å². The fraction of sp³-hybridized carbons (Fsp3) is 0.211. The largest absolute Gasteiger partial charge is 0.464 e. The lowest BCUT2D eigenvalue weighted by molar-refractivity contribution is -0.142. The molecule has 0 aliphatic carbocycles. The molecule has 3 rings (SSSR count). The molecule has 122 valence electrons. The second kappa shape index (κ2) is 6.66. The zero-order valence-electron chi connectivity index (χ0n) is 13.3. The summed E-state index contributed by atoms with van der Waals surface area (Å²) in [6.45, 7) is 1.29. The molecule has 0 fully saturated rings. The molecule has 24 heavy (non-hydrogen) atoms. The number of hydrogen-bond donors (Lipinski definition) is 0. The summed E-state index contributed by atoms with van der Waals surface area (Å²) in [6, 6.07) is 15.7. The van der Waals surface area contributed by atoms with Gasteiger partial charge in [0.15, 0.2) is 0 Å². The first-order valence-electron chi connectivity index (χ1n) is 7.72. The summed E-state index contributed by atoms with van der Waals surface area (Å²) < 4.78 is 5.10. The minimum atomic E-state index is -0.538. The number of ether oxygens (including phenoxy) is 1. The van der Waals surface area contributed by atoms with Crippen molar-refractivity contribution in [2.45, 2.75) is 19.4 Å². The van der Waals surface area contributed by atoms with E-state index in [4.69, 9.17) is 4.74 Å². The summed E-state index contributed by atoms with van der Waals surface area (Å²) in [5.41, 5.74) is 1.75. The number of hydrogen-bond acceptors (Lipinski definition) is 4. The minimum absolute atomic E-state index is 0.0182. The van der Waals surface area contributed by atoms with Gasteiger partial charge in [0.25, 0.3) is 11.8 Å². The molecule has 1 heterocycles. The lowest BCUT2D eigenvalue weighted by Crippen LogP contribution is -2.44.